The molecular formula is C15H14N4O2S. The van der Waals surface area contributed by atoms with Gasteiger partial charge in [0.1, 0.15) is 11.7 Å². The van der Waals surface area contributed by atoms with Crippen molar-refractivity contribution in [1.29, 1.82) is 0 Å². The summed E-state index contributed by atoms with van der Waals surface area (Å²) in [6.45, 7) is 1.63. The lowest BCUT2D eigenvalue weighted by Crippen LogP contribution is -2.41. The third kappa shape index (κ3) is 2.99. The minimum Gasteiger partial charge on any atom is -0.351 e. The molecule has 112 valence electrons. The highest BCUT2D eigenvalue weighted by molar-refractivity contribution is 7.13. The van der Waals surface area contributed by atoms with Gasteiger partial charge < -0.3 is 15.6 Å². The molecule has 2 aromatic heterocycles. The van der Waals surface area contributed by atoms with E-state index in [1.54, 1.807) is 24.6 Å². The molecule has 22 heavy (non-hydrogen) atoms. The van der Waals surface area contributed by atoms with Crippen molar-refractivity contribution in [3.8, 4) is 0 Å². The number of nitrogens with one attached hydrogen (secondary N) is 3. The van der Waals surface area contributed by atoms with Gasteiger partial charge in [0.05, 0.1) is 0 Å². The topological polar surface area (TPSA) is 86.9 Å². The monoisotopic (exact) mass is 314 g/mol. The van der Waals surface area contributed by atoms with E-state index in [9.17, 15) is 9.59 Å². The van der Waals surface area contributed by atoms with Crippen molar-refractivity contribution in [2.75, 3.05) is 5.32 Å². The lowest BCUT2D eigenvalue weighted by molar-refractivity contribution is -0.117. The molecule has 0 radical (unpaired) electrons. The fourth-order valence-corrected chi connectivity index (χ4v) is 2.57. The number of thiazole rings is 1. The van der Waals surface area contributed by atoms with Crippen molar-refractivity contribution < 1.29 is 9.59 Å². The fraction of sp³-hybridized carbons (Fsp3) is 0.133. The minimum atomic E-state index is -0.664. The molecule has 0 aliphatic heterocycles. The summed E-state index contributed by atoms with van der Waals surface area (Å²) in [6, 6.07) is 8.71. The minimum absolute atomic E-state index is 0.306. The lowest BCUT2D eigenvalue weighted by atomic mass is 10.2. The standard InChI is InChI=1S/C15H14N4O2S/c1-9(13(20)19-15-16-6-7-22-15)17-14(21)12-8-10-4-2-3-5-11(10)18-12/h2-9,18H,1H3,(H,17,21)(H,16,19,20). The molecule has 0 bridgehead atoms. The van der Waals surface area contributed by atoms with Crippen LogP contribution in [0.2, 0.25) is 0 Å². The van der Waals surface area contributed by atoms with E-state index in [1.807, 2.05) is 24.3 Å². The van der Waals surface area contributed by atoms with E-state index in [0.29, 0.717) is 10.8 Å². The van der Waals surface area contributed by atoms with E-state index < -0.39 is 6.04 Å². The van der Waals surface area contributed by atoms with Crippen LogP contribution in [0.3, 0.4) is 0 Å². The molecular weight excluding hydrogens is 300 g/mol. The number of para-hydroxylation sites is 1. The molecule has 0 saturated heterocycles. The number of aromatic amines is 1. The number of benzene rings is 1. The molecule has 3 N–H and O–H groups in total. The van der Waals surface area contributed by atoms with Crippen LogP contribution >= 0.6 is 11.3 Å². The molecule has 3 aromatic rings. The first-order valence-electron chi connectivity index (χ1n) is 6.72. The number of anilines is 1. The van der Waals surface area contributed by atoms with Gasteiger partial charge in [-0.15, -0.1) is 11.3 Å². The van der Waals surface area contributed by atoms with Crippen LogP contribution in [0, 0.1) is 0 Å². The molecule has 6 nitrogen and oxygen atoms in total. The second-order valence-corrected chi connectivity index (χ2v) is 5.69. The molecule has 0 fully saturated rings. The average molecular weight is 314 g/mol. The summed E-state index contributed by atoms with van der Waals surface area (Å²) >= 11 is 1.32. The van der Waals surface area contributed by atoms with Crippen molar-refractivity contribution >= 4 is 39.2 Å². The zero-order chi connectivity index (χ0) is 15.5. The predicted molar refractivity (Wildman–Crippen MR) is 86.0 cm³/mol. The summed E-state index contributed by atoms with van der Waals surface area (Å²) in [5, 5.41) is 8.54. The number of fused-ring (bicyclic) bond motifs is 1. The highest BCUT2D eigenvalue weighted by Crippen LogP contribution is 2.15. The molecule has 1 aromatic carbocycles. The van der Waals surface area contributed by atoms with Crippen molar-refractivity contribution in [3.63, 3.8) is 0 Å². The van der Waals surface area contributed by atoms with Crippen LogP contribution in [0.5, 0.6) is 0 Å². The third-order valence-corrected chi connectivity index (χ3v) is 3.87. The summed E-state index contributed by atoms with van der Waals surface area (Å²) in [5.74, 6) is -0.627. The van der Waals surface area contributed by atoms with Crippen LogP contribution in [0.15, 0.2) is 41.9 Å². The SMILES string of the molecule is CC(NC(=O)c1cc2ccccc2[nH]1)C(=O)Nc1nccs1. The predicted octanol–water partition coefficient (Wildman–Crippen LogP) is 2.38. The summed E-state index contributed by atoms with van der Waals surface area (Å²) in [7, 11) is 0. The maximum Gasteiger partial charge on any atom is 0.268 e. The number of H-pyrrole nitrogens is 1. The Morgan fingerprint density at radius 3 is 2.86 bits per heavy atom. The third-order valence-electron chi connectivity index (χ3n) is 3.18. The first kappa shape index (κ1) is 14.3. The van der Waals surface area contributed by atoms with Crippen LogP contribution < -0.4 is 10.6 Å². The number of carbonyl (C=O) groups is 2. The van der Waals surface area contributed by atoms with Gasteiger partial charge in [0.2, 0.25) is 5.91 Å². The van der Waals surface area contributed by atoms with E-state index in [4.69, 9.17) is 0 Å². The Hall–Kier alpha value is -2.67. The van der Waals surface area contributed by atoms with E-state index in [2.05, 4.69) is 20.6 Å². The van der Waals surface area contributed by atoms with Crippen LogP contribution in [-0.4, -0.2) is 27.8 Å². The van der Waals surface area contributed by atoms with Gasteiger partial charge in [0.15, 0.2) is 5.13 Å². The number of amides is 2. The summed E-state index contributed by atoms with van der Waals surface area (Å²) < 4.78 is 0. The zero-order valence-electron chi connectivity index (χ0n) is 11.8. The van der Waals surface area contributed by atoms with E-state index >= 15 is 0 Å². The van der Waals surface area contributed by atoms with E-state index in [0.717, 1.165) is 10.9 Å². The van der Waals surface area contributed by atoms with Gasteiger partial charge in [0.25, 0.3) is 5.91 Å². The van der Waals surface area contributed by atoms with Gasteiger partial charge >= 0.3 is 0 Å². The molecule has 2 amide bonds. The molecule has 0 spiro atoms. The van der Waals surface area contributed by atoms with Crippen LogP contribution in [0.1, 0.15) is 17.4 Å². The highest BCUT2D eigenvalue weighted by atomic mass is 32.1. The van der Waals surface area contributed by atoms with Crippen molar-refractivity contribution in [1.82, 2.24) is 15.3 Å². The average Bonchev–Trinajstić information content (AvgIpc) is 3.15. The Morgan fingerprint density at radius 2 is 2.14 bits per heavy atom. The Morgan fingerprint density at radius 1 is 1.32 bits per heavy atom. The van der Waals surface area contributed by atoms with Gasteiger partial charge in [-0.25, -0.2) is 4.98 Å². The number of aromatic nitrogens is 2. The van der Waals surface area contributed by atoms with Gasteiger partial charge in [-0.1, -0.05) is 18.2 Å². The quantitative estimate of drug-likeness (QED) is 0.691. The molecule has 1 unspecified atom stereocenters. The smallest absolute Gasteiger partial charge is 0.268 e. The number of nitrogens with zero attached hydrogens (tertiary/aromatic N) is 1. The number of hydrogen-bond donors (Lipinski definition) is 3. The lowest BCUT2D eigenvalue weighted by Gasteiger charge is -2.12. The summed E-state index contributed by atoms with van der Waals surface area (Å²) in [6.07, 6.45) is 1.61. The van der Waals surface area contributed by atoms with Crippen LogP contribution in [0.4, 0.5) is 5.13 Å². The Labute approximate surface area is 130 Å². The largest absolute Gasteiger partial charge is 0.351 e. The van der Waals surface area contributed by atoms with Crippen molar-refractivity contribution in [2.24, 2.45) is 0 Å². The molecule has 1 atom stereocenters. The zero-order valence-corrected chi connectivity index (χ0v) is 12.6. The van der Waals surface area contributed by atoms with Gasteiger partial charge in [0, 0.05) is 22.5 Å². The first-order chi connectivity index (χ1) is 10.6. The Kier molecular flexibility index (Phi) is 3.88. The summed E-state index contributed by atoms with van der Waals surface area (Å²) in [4.78, 5) is 31.2. The highest BCUT2D eigenvalue weighted by Gasteiger charge is 2.18. The van der Waals surface area contributed by atoms with Crippen molar-refractivity contribution in [2.45, 2.75) is 13.0 Å². The second kappa shape index (κ2) is 5.98. The van der Waals surface area contributed by atoms with E-state index in [1.165, 1.54) is 11.3 Å². The summed E-state index contributed by atoms with van der Waals surface area (Å²) in [5.41, 5.74) is 1.31. The van der Waals surface area contributed by atoms with E-state index in [-0.39, 0.29) is 11.8 Å². The Bertz CT molecular complexity index is 777. The number of hydrogen-bond acceptors (Lipinski definition) is 4. The van der Waals surface area contributed by atoms with Gasteiger partial charge in [-0.05, 0) is 19.1 Å². The molecule has 7 heteroatoms. The number of carbonyl (C=O) groups excluding carboxylic acids is 2. The normalized spacial score (nSPS) is 12.0. The second-order valence-electron chi connectivity index (χ2n) is 4.79. The maximum absolute atomic E-state index is 12.2. The number of rotatable bonds is 4. The first-order valence-corrected chi connectivity index (χ1v) is 7.60. The van der Waals surface area contributed by atoms with Crippen LogP contribution in [0.25, 0.3) is 10.9 Å². The fourth-order valence-electron chi connectivity index (χ4n) is 2.03. The maximum atomic E-state index is 12.2. The van der Waals surface area contributed by atoms with Gasteiger partial charge in [-0.3, -0.25) is 9.59 Å². The Balaban J connectivity index is 1.66. The van der Waals surface area contributed by atoms with Crippen molar-refractivity contribution in [3.05, 3.63) is 47.6 Å². The molecule has 3 rings (SSSR count). The van der Waals surface area contributed by atoms with Gasteiger partial charge in [-0.2, -0.15) is 0 Å². The molecule has 2 heterocycles. The van der Waals surface area contributed by atoms with Crippen LogP contribution in [-0.2, 0) is 4.79 Å². The molecule has 0 aliphatic carbocycles. The molecule has 0 saturated carbocycles. The molecule has 0 aliphatic rings.